The molecular formula is C28H28N2O4. The van der Waals surface area contributed by atoms with Crippen LogP contribution in [-0.2, 0) is 19.1 Å². The lowest BCUT2D eigenvalue weighted by atomic mass is 9.79. The molecule has 0 aromatic heterocycles. The predicted molar refractivity (Wildman–Crippen MR) is 130 cm³/mol. The number of dihydropyridines is 1. The number of nitrogens with zero attached hydrogens (tertiary/aromatic N) is 1. The molecule has 2 aromatic carbocycles. The highest BCUT2D eigenvalue weighted by Gasteiger charge is 2.38. The Labute approximate surface area is 200 Å². The van der Waals surface area contributed by atoms with Crippen LogP contribution >= 0.6 is 0 Å². The van der Waals surface area contributed by atoms with Crippen molar-refractivity contribution in [1.29, 1.82) is 5.26 Å². The maximum absolute atomic E-state index is 13.3. The second-order valence-corrected chi connectivity index (χ2v) is 7.95. The van der Waals surface area contributed by atoms with Gasteiger partial charge in [0.25, 0.3) is 0 Å². The first-order valence-corrected chi connectivity index (χ1v) is 11.1. The van der Waals surface area contributed by atoms with E-state index in [0.29, 0.717) is 22.5 Å². The fraction of sp³-hybridized carbons (Fsp3) is 0.250. The van der Waals surface area contributed by atoms with Gasteiger partial charge in [-0.15, -0.1) is 0 Å². The molecule has 0 bridgehead atoms. The Morgan fingerprint density at radius 1 is 0.941 bits per heavy atom. The summed E-state index contributed by atoms with van der Waals surface area (Å²) in [4.78, 5) is 26.3. The van der Waals surface area contributed by atoms with Crippen molar-refractivity contribution in [3.05, 3.63) is 99.9 Å². The third-order valence-electron chi connectivity index (χ3n) is 5.57. The number of hydrogen-bond donors (Lipinski definition) is 1. The molecule has 0 saturated heterocycles. The lowest BCUT2D eigenvalue weighted by Crippen LogP contribution is -2.33. The second-order valence-electron chi connectivity index (χ2n) is 7.95. The lowest BCUT2D eigenvalue weighted by Gasteiger charge is -2.31. The Kier molecular flexibility index (Phi) is 8.42. The van der Waals surface area contributed by atoms with Crippen LogP contribution in [0.5, 0.6) is 0 Å². The maximum atomic E-state index is 13.3. The zero-order valence-electron chi connectivity index (χ0n) is 19.6. The zero-order valence-corrected chi connectivity index (χ0v) is 19.6. The van der Waals surface area contributed by atoms with Gasteiger partial charge in [0.2, 0.25) is 0 Å². The van der Waals surface area contributed by atoms with Gasteiger partial charge < -0.3 is 14.8 Å². The third kappa shape index (κ3) is 5.81. The van der Waals surface area contributed by atoms with E-state index in [2.05, 4.69) is 5.32 Å². The highest BCUT2D eigenvalue weighted by molar-refractivity contribution is 6.00. The predicted octanol–water partition coefficient (Wildman–Crippen LogP) is 4.94. The molecule has 1 N–H and O–H groups in total. The normalized spacial score (nSPS) is 15.6. The van der Waals surface area contributed by atoms with Crippen molar-refractivity contribution in [3.63, 3.8) is 0 Å². The standard InChI is InChI=1S/C28H28N2O4/c1-19-11-7-8-15-23(19)26-24(27(31)33-17-9-14-22-12-5-4-6-13-22)20(2)30-21(3)25(26)28(32)34-18-10-16-29/h4-9,11-15,26,30H,10,17-18H2,1-3H3. The maximum Gasteiger partial charge on any atom is 0.337 e. The number of carbonyl (C=O) groups is 2. The molecule has 34 heavy (non-hydrogen) atoms. The molecule has 0 amide bonds. The quantitative estimate of drug-likeness (QED) is 0.447. The fourth-order valence-corrected chi connectivity index (χ4v) is 3.97. The van der Waals surface area contributed by atoms with E-state index in [9.17, 15) is 9.59 Å². The lowest BCUT2D eigenvalue weighted by molar-refractivity contribution is -0.139. The minimum atomic E-state index is -0.650. The number of benzene rings is 2. The van der Waals surface area contributed by atoms with Crippen molar-refractivity contribution < 1.29 is 19.1 Å². The van der Waals surface area contributed by atoms with Crippen LogP contribution in [0.25, 0.3) is 6.08 Å². The smallest absolute Gasteiger partial charge is 0.337 e. The highest BCUT2D eigenvalue weighted by atomic mass is 16.5. The Hall–Kier alpha value is -4.11. The summed E-state index contributed by atoms with van der Waals surface area (Å²) in [5.41, 5.74) is 4.69. The largest absolute Gasteiger partial charge is 0.461 e. The van der Waals surface area contributed by atoms with Gasteiger partial charge in [-0.3, -0.25) is 0 Å². The van der Waals surface area contributed by atoms with Crippen LogP contribution < -0.4 is 5.32 Å². The summed E-state index contributed by atoms with van der Waals surface area (Å²) < 4.78 is 10.9. The summed E-state index contributed by atoms with van der Waals surface area (Å²) in [5, 5.41) is 11.9. The Morgan fingerprint density at radius 3 is 2.21 bits per heavy atom. The fourth-order valence-electron chi connectivity index (χ4n) is 3.97. The summed E-state index contributed by atoms with van der Waals surface area (Å²) in [6.07, 6.45) is 3.76. The number of ether oxygens (including phenoxy) is 2. The highest BCUT2D eigenvalue weighted by Crippen LogP contribution is 2.40. The minimum Gasteiger partial charge on any atom is -0.461 e. The first kappa shape index (κ1) is 24.5. The number of esters is 2. The molecule has 6 heteroatoms. The van der Waals surface area contributed by atoms with Gasteiger partial charge in [-0.2, -0.15) is 5.26 Å². The molecule has 0 aliphatic carbocycles. The minimum absolute atomic E-state index is 0.0145. The van der Waals surface area contributed by atoms with Gasteiger partial charge in [-0.25, -0.2) is 9.59 Å². The molecule has 0 spiro atoms. The number of nitriles is 1. The topological polar surface area (TPSA) is 88.4 Å². The Morgan fingerprint density at radius 2 is 1.56 bits per heavy atom. The molecule has 174 valence electrons. The summed E-state index contributed by atoms with van der Waals surface area (Å²) in [7, 11) is 0. The van der Waals surface area contributed by atoms with Crippen molar-refractivity contribution in [2.24, 2.45) is 0 Å². The number of hydrogen-bond acceptors (Lipinski definition) is 6. The van der Waals surface area contributed by atoms with Crippen molar-refractivity contribution in [2.45, 2.75) is 33.1 Å². The number of aryl methyl sites for hydroxylation is 1. The number of nitrogens with one attached hydrogen (secondary N) is 1. The molecule has 1 aliphatic heterocycles. The van der Waals surface area contributed by atoms with Crippen LogP contribution in [0, 0.1) is 18.3 Å². The van der Waals surface area contributed by atoms with Crippen molar-refractivity contribution in [2.75, 3.05) is 13.2 Å². The van der Waals surface area contributed by atoms with Crippen LogP contribution in [0.1, 0.15) is 42.9 Å². The molecular weight excluding hydrogens is 428 g/mol. The molecule has 2 aromatic rings. The van der Waals surface area contributed by atoms with Crippen LogP contribution in [0.15, 0.2) is 83.2 Å². The average Bonchev–Trinajstić information content (AvgIpc) is 2.82. The second kappa shape index (κ2) is 11.7. The molecule has 0 fully saturated rings. The van der Waals surface area contributed by atoms with E-state index in [1.807, 2.05) is 73.7 Å². The van der Waals surface area contributed by atoms with E-state index in [-0.39, 0.29) is 19.6 Å². The van der Waals surface area contributed by atoms with Gasteiger partial charge in [-0.1, -0.05) is 60.7 Å². The van der Waals surface area contributed by atoms with Crippen molar-refractivity contribution in [3.8, 4) is 6.07 Å². The van der Waals surface area contributed by atoms with E-state index in [4.69, 9.17) is 14.7 Å². The van der Waals surface area contributed by atoms with Gasteiger partial charge in [0.1, 0.15) is 13.2 Å². The summed E-state index contributed by atoms with van der Waals surface area (Å²) >= 11 is 0. The number of rotatable bonds is 8. The summed E-state index contributed by atoms with van der Waals surface area (Å²) in [5.74, 6) is -1.72. The molecule has 6 nitrogen and oxygen atoms in total. The molecule has 3 rings (SSSR count). The van der Waals surface area contributed by atoms with E-state index in [1.54, 1.807) is 19.9 Å². The van der Waals surface area contributed by atoms with E-state index < -0.39 is 17.9 Å². The van der Waals surface area contributed by atoms with Crippen LogP contribution in [0.4, 0.5) is 0 Å². The van der Waals surface area contributed by atoms with Crippen molar-refractivity contribution in [1.82, 2.24) is 5.32 Å². The van der Waals surface area contributed by atoms with Crippen LogP contribution in [0.2, 0.25) is 0 Å². The van der Waals surface area contributed by atoms with Gasteiger partial charge in [0, 0.05) is 11.4 Å². The van der Waals surface area contributed by atoms with E-state index in [1.165, 1.54) is 0 Å². The molecule has 0 radical (unpaired) electrons. The Bertz CT molecular complexity index is 1190. The van der Waals surface area contributed by atoms with Gasteiger partial charge >= 0.3 is 11.9 Å². The SMILES string of the molecule is CC1=C(C(=O)OCC=Cc2ccccc2)C(c2ccccc2C)C(C(=O)OCCC#N)=C(C)N1. The first-order valence-electron chi connectivity index (χ1n) is 11.1. The molecule has 1 heterocycles. The number of allylic oxidation sites excluding steroid dienone is 2. The number of carbonyl (C=O) groups excluding carboxylic acids is 2. The summed E-state index contributed by atoms with van der Waals surface area (Å²) in [6, 6.07) is 19.3. The van der Waals surface area contributed by atoms with Crippen LogP contribution in [-0.4, -0.2) is 25.2 Å². The van der Waals surface area contributed by atoms with Crippen molar-refractivity contribution >= 4 is 18.0 Å². The van der Waals surface area contributed by atoms with E-state index >= 15 is 0 Å². The molecule has 1 atom stereocenters. The van der Waals surface area contributed by atoms with Crippen LogP contribution in [0.3, 0.4) is 0 Å². The summed E-state index contributed by atoms with van der Waals surface area (Å²) in [6.45, 7) is 5.59. The molecule has 1 unspecified atom stereocenters. The molecule has 0 saturated carbocycles. The van der Waals surface area contributed by atoms with Gasteiger partial charge in [0.15, 0.2) is 0 Å². The van der Waals surface area contributed by atoms with E-state index in [0.717, 1.165) is 16.7 Å². The van der Waals surface area contributed by atoms with Gasteiger partial charge in [-0.05, 0) is 43.5 Å². The van der Waals surface area contributed by atoms with Gasteiger partial charge in [0.05, 0.1) is 29.6 Å². The Balaban J connectivity index is 1.90. The third-order valence-corrected chi connectivity index (χ3v) is 5.57. The first-order chi connectivity index (χ1) is 16.4. The zero-order chi connectivity index (χ0) is 24.5. The molecule has 1 aliphatic rings. The monoisotopic (exact) mass is 456 g/mol. The average molecular weight is 457 g/mol.